The molecule has 2 aromatic heterocycles. The summed E-state index contributed by atoms with van der Waals surface area (Å²) in [6.45, 7) is 2.63. The Morgan fingerprint density at radius 1 is 0.926 bits per heavy atom. The third kappa shape index (κ3) is 4.41. The highest BCUT2D eigenvalue weighted by molar-refractivity contribution is 5.61. The number of benzene rings is 1. The lowest BCUT2D eigenvalue weighted by molar-refractivity contribution is -0.0224. The highest BCUT2D eigenvalue weighted by Crippen LogP contribution is 2.28. The summed E-state index contributed by atoms with van der Waals surface area (Å²) in [6.07, 6.45) is 7.80. The SMILES string of the molecule is OC1(Cc2ccccc2)CCN(Cc2cccnc2-c2cccnc2)CC1. The highest BCUT2D eigenvalue weighted by atomic mass is 16.3. The molecule has 1 aromatic carbocycles. The molecule has 4 nitrogen and oxygen atoms in total. The second-order valence-electron chi connectivity index (χ2n) is 7.42. The number of nitrogens with zero attached hydrogens (tertiary/aromatic N) is 3. The van der Waals surface area contributed by atoms with E-state index in [4.69, 9.17) is 0 Å². The van der Waals surface area contributed by atoms with Crippen LogP contribution in [-0.2, 0) is 13.0 Å². The molecule has 0 atom stereocenters. The number of piperidine rings is 1. The van der Waals surface area contributed by atoms with Crippen LogP contribution in [-0.4, -0.2) is 38.7 Å². The van der Waals surface area contributed by atoms with Crippen LogP contribution in [0.3, 0.4) is 0 Å². The maximum atomic E-state index is 11.0. The average molecular weight is 359 g/mol. The van der Waals surface area contributed by atoms with Crippen LogP contribution in [0.2, 0.25) is 0 Å². The molecule has 3 heterocycles. The summed E-state index contributed by atoms with van der Waals surface area (Å²) in [5, 5.41) is 11.0. The van der Waals surface area contributed by atoms with E-state index in [-0.39, 0.29) is 0 Å². The maximum Gasteiger partial charge on any atom is 0.0762 e. The van der Waals surface area contributed by atoms with Crippen molar-refractivity contribution in [2.45, 2.75) is 31.4 Å². The lowest BCUT2D eigenvalue weighted by atomic mass is 9.85. The van der Waals surface area contributed by atoms with Crippen molar-refractivity contribution in [1.82, 2.24) is 14.9 Å². The zero-order valence-electron chi connectivity index (χ0n) is 15.5. The second-order valence-corrected chi connectivity index (χ2v) is 7.42. The van der Waals surface area contributed by atoms with Gasteiger partial charge in [0.15, 0.2) is 0 Å². The normalized spacial score (nSPS) is 16.9. The van der Waals surface area contributed by atoms with Crippen molar-refractivity contribution in [3.05, 3.63) is 84.3 Å². The van der Waals surface area contributed by atoms with Gasteiger partial charge in [0.05, 0.1) is 11.3 Å². The van der Waals surface area contributed by atoms with E-state index in [1.165, 1.54) is 11.1 Å². The fraction of sp³-hybridized carbons (Fsp3) is 0.304. The summed E-state index contributed by atoms with van der Waals surface area (Å²) in [6, 6.07) is 18.4. The van der Waals surface area contributed by atoms with Gasteiger partial charge in [-0.25, -0.2) is 0 Å². The predicted octanol–water partition coefficient (Wildman–Crippen LogP) is 3.71. The van der Waals surface area contributed by atoms with Gasteiger partial charge in [0.2, 0.25) is 0 Å². The Bertz CT molecular complexity index is 859. The van der Waals surface area contributed by atoms with Crippen LogP contribution in [0.5, 0.6) is 0 Å². The molecule has 4 rings (SSSR count). The molecule has 0 unspecified atom stereocenters. The predicted molar refractivity (Wildman–Crippen MR) is 107 cm³/mol. The Labute approximate surface area is 160 Å². The molecule has 0 aliphatic carbocycles. The number of pyridine rings is 2. The summed E-state index contributed by atoms with van der Waals surface area (Å²) in [5.74, 6) is 0. The topological polar surface area (TPSA) is 49.2 Å². The second kappa shape index (κ2) is 7.99. The van der Waals surface area contributed by atoms with Crippen LogP contribution in [0.4, 0.5) is 0 Å². The number of aliphatic hydroxyl groups is 1. The molecule has 3 aromatic rings. The van der Waals surface area contributed by atoms with E-state index in [1.807, 2.05) is 48.8 Å². The van der Waals surface area contributed by atoms with Crippen molar-refractivity contribution in [3.8, 4) is 11.3 Å². The number of likely N-dealkylation sites (tertiary alicyclic amines) is 1. The summed E-state index contributed by atoms with van der Waals surface area (Å²) in [4.78, 5) is 11.2. The lowest BCUT2D eigenvalue weighted by Crippen LogP contribution is -2.45. The van der Waals surface area contributed by atoms with Crippen LogP contribution in [0, 0.1) is 0 Å². The molecule has 0 bridgehead atoms. The third-order valence-electron chi connectivity index (χ3n) is 5.38. The zero-order valence-corrected chi connectivity index (χ0v) is 15.5. The van der Waals surface area contributed by atoms with Gasteiger partial charge in [-0.05, 0) is 42.2 Å². The van der Waals surface area contributed by atoms with Crippen molar-refractivity contribution in [2.24, 2.45) is 0 Å². The van der Waals surface area contributed by atoms with Crippen molar-refractivity contribution in [1.29, 1.82) is 0 Å². The molecule has 4 heteroatoms. The summed E-state index contributed by atoms with van der Waals surface area (Å²) < 4.78 is 0. The zero-order chi connectivity index (χ0) is 18.5. The molecule has 1 N–H and O–H groups in total. The number of aromatic nitrogens is 2. The summed E-state index contributed by atoms with van der Waals surface area (Å²) >= 11 is 0. The molecule has 1 saturated heterocycles. The number of hydrogen-bond donors (Lipinski definition) is 1. The Kier molecular flexibility index (Phi) is 5.28. The van der Waals surface area contributed by atoms with Crippen molar-refractivity contribution in [2.75, 3.05) is 13.1 Å². The van der Waals surface area contributed by atoms with E-state index in [0.717, 1.165) is 50.2 Å². The average Bonchev–Trinajstić information content (AvgIpc) is 2.72. The Hall–Kier alpha value is -2.56. The minimum absolute atomic E-state index is 0.598. The van der Waals surface area contributed by atoms with E-state index in [0.29, 0.717) is 0 Å². The molecule has 1 aliphatic heterocycles. The van der Waals surface area contributed by atoms with E-state index < -0.39 is 5.60 Å². The molecular formula is C23H25N3O. The fourth-order valence-electron chi connectivity index (χ4n) is 3.85. The third-order valence-corrected chi connectivity index (χ3v) is 5.38. The van der Waals surface area contributed by atoms with E-state index in [9.17, 15) is 5.11 Å². The highest BCUT2D eigenvalue weighted by Gasteiger charge is 2.32. The minimum atomic E-state index is -0.598. The first kappa shape index (κ1) is 17.8. The number of rotatable bonds is 5. The molecule has 0 radical (unpaired) electrons. The Balaban J connectivity index is 1.42. The lowest BCUT2D eigenvalue weighted by Gasteiger charge is -2.38. The maximum absolute atomic E-state index is 11.0. The van der Waals surface area contributed by atoms with Crippen molar-refractivity contribution < 1.29 is 5.11 Å². The first-order chi connectivity index (χ1) is 13.2. The molecule has 1 aliphatic rings. The number of hydrogen-bond acceptors (Lipinski definition) is 4. The van der Waals surface area contributed by atoms with E-state index >= 15 is 0 Å². The van der Waals surface area contributed by atoms with Gasteiger partial charge < -0.3 is 5.11 Å². The van der Waals surface area contributed by atoms with Gasteiger partial charge in [0, 0.05) is 50.2 Å². The molecule has 0 saturated carbocycles. The summed E-state index contributed by atoms with van der Waals surface area (Å²) in [7, 11) is 0. The quantitative estimate of drug-likeness (QED) is 0.754. The monoisotopic (exact) mass is 359 g/mol. The van der Waals surface area contributed by atoms with Crippen LogP contribution in [0.15, 0.2) is 73.2 Å². The standard InChI is InChI=1S/C23H25N3O/c27-23(16-19-6-2-1-3-7-19)10-14-26(15-11-23)18-21-9-5-13-25-22(21)20-8-4-12-24-17-20/h1-9,12-13,17,27H,10-11,14-16,18H2. The van der Waals surface area contributed by atoms with Gasteiger partial charge in [-0.1, -0.05) is 36.4 Å². The van der Waals surface area contributed by atoms with Crippen LogP contribution < -0.4 is 0 Å². The molecule has 0 spiro atoms. The van der Waals surface area contributed by atoms with Crippen molar-refractivity contribution >= 4 is 0 Å². The van der Waals surface area contributed by atoms with Crippen molar-refractivity contribution in [3.63, 3.8) is 0 Å². The van der Waals surface area contributed by atoms with Gasteiger partial charge in [-0.2, -0.15) is 0 Å². The largest absolute Gasteiger partial charge is 0.389 e. The van der Waals surface area contributed by atoms with Gasteiger partial charge in [0.25, 0.3) is 0 Å². The Morgan fingerprint density at radius 3 is 2.44 bits per heavy atom. The van der Waals surface area contributed by atoms with Gasteiger partial charge >= 0.3 is 0 Å². The molecule has 1 fully saturated rings. The van der Waals surface area contributed by atoms with Crippen LogP contribution in [0.1, 0.15) is 24.0 Å². The van der Waals surface area contributed by atoms with Crippen LogP contribution >= 0.6 is 0 Å². The van der Waals surface area contributed by atoms with E-state index in [2.05, 4.69) is 33.1 Å². The molecule has 138 valence electrons. The van der Waals surface area contributed by atoms with Gasteiger partial charge in [-0.3, -0.25) is 14.9 Å². The first-order valence-corrected chi connectivity index (χ1v) is 9.55. The molecular weight excluding hydrogens is 334 g/mol. The fourth-order valence-corrected chi connectivity index (χ4v) is 3.85. The van der Waals surface area contributed by atoms with Gasteiger partial charge in [-0.15, -0.1) is 0 Å². The smallest absolute Gasteiger partial charge is 0.0762 e. The summed E-state index contributed by atoms with van der Waals surface area (Å²) in [5.41, 5.74) is 3.86. The molecule has 27 heavy (non-hydrogen) atoms. The Morgan fingerprint density at radius 2 is 1.70 bits per heavy atom. The first-order valence-electron chi connectivity index (χ1n) is 9.55. The van der Waals surface area contributed by atoms with Gasteiger partial charge in [0.1, 0.15) is 0 Å². The molecule has 0 amide bonds. The van der Waals surface area contributed by atoms with Crippen LogP contribution in [0.25, 0.3) is 11.3 Å². The minimum Gasteiger partial charge on any atom is -0.389 e. The van der Waals surface area contributed by atoms with E-state index in [1.54, 1.807) is 6.20 Å².